The summed E-state index contributed by atoms with van der Waals surface area (Å²) in [6, 6.07) is 0.374. The topological polar surface area (TPSA) is 37.8 Å². The van der Waals surface area contributed by atoms with E-state index >= 15 is 0 Å². The lowest BCUT2D eigenvalue weighted by atomic mass is 10.0. The zero-order valence-corrected chi connectivity index (χ0v) is 12.6. The predicted molar refractivity (Wildman–Crippen MR) is 81.2 cm³/mol. The molecule has 1 N–H and O–H groups in total. The van der Waals surface area contributed by atoms with Gasteiger partial charge in [-0.3, -0.25) is 0 Å². The Morgan fingerprint density at radius 2 is 2.06 bits per heavy atom. The normalized spacial score (nSPS) is 25.9. The molecule has 0 aliphatic carbocycles. The number of hydrogen-bond donors (Lipinski definition) is 1. The Morgan fingerprint density at radius 3 is 2.72 bits per heavy atom. The highest BCUT2D eigenvalue weighted by Crippen LogP contribution is 2.38. The van der Waals surface area contributed by atoms with Gasteiger partial charge in [0.25, 0.3) is 0 Å². The lowest BCUT2D eigenvalue weighted by Gasteiger charge is -2.35. The number of aromatic nitrogens is 2. The molecule has 1 aromatic rings. The van der Waals surface area contributed by atoms with Crippen molar-refractivity contribution in [2.45, 2.75) is 36.8 Å². The summed E-state index contributed by atoms with van der Waals surface area (Å²) in [6.07, 6.45) is 6.66. The van der Waals surface area contributed by atoms with E-state index in [-0.39, 0.29) is 0 Å². The smallest absolute Gasteiger partial charge is 0.115 e. The van der Waals surface area contributed by atoms with E-state index < -0.39 is 0 Å². The van der Waals surface area contributed by atoms with Crippen LogP contribution in [0.1, 0.15) is 31.9 Å². The van der Waals surface area contributed by atoms with Gasteiger partial charge in [-0.05, 0) is 13.0 Å². The van der Waals surface area contributed by atoms with Crippen molar-refractivity contribution >= 4 is 23.5 Å². The molecular weight excluding hydrogens is 262 g/mol. The zero-order chi connectivity index (χ0) is 12.8. The molecule has 1 fully saturated rings. The molecule has 18 heavy (non-hydrogen) atoms. The molecule has 0 saturated carbocycles. The van der Waals surface area contributed by atoms with Gasteiger partial charge in [-0.25, -0.2) is 9.97 Å². The maximum absolute atomic E-state index is 4.17. The van der Waals surface area contributed by atoms with Crippen molar-refractivity contribution in [2.24, 2.45) is 0 Å². The van der Waals surface area contributed by atoms with Crippen LogP contribution in [0.3, 0.4) is 0 Å². The first-order chi connectivity index (χ1) is 8.83. The molecule has 2 rings (SSSR count). The molecule has 0 spiro atoms. The largest absolute Gasteiger partial charge is 0.309 e. The Kier molecular flexibility index (Phi) is 5.79. The van der Waals surface area contributed by atoms with Crippen molar-refractivity contribution in [3.63, 3.8) is 0 Å². The lowest BCUT2D eigenvalue weighted by Crippen LogP contribution is -2.38. The van der Waals surface area contributed by atoms with Crippen LogP contribution >= 0.6 is 23.5 Å². The first-order valence-corrected chi connectivity index (χ1v) is 8.64. The van der Waals surface area contributed by atoms with E-state index in [0.29, 0.717) is 16.5 Å². The van der Waals surface area contributed by atoms with Crippen LogP contribution in [0.2, 0.25) is 0 Å². The Labute approximate surface area is 118 Å². The molecule has 1 saturated heterocycles. The Balaban J connectivity index is 2.13. The minimum atomic E-state index is 0.374. The number of hydrogen-bond acceptors (Lipinski definition) is 5. The Morgan fingerprint density at radius 1 is 1.33 bits per heavy atom. The van der Waals surface area contributed by atoms with Gasteiger partial charge in [0, 0.05) is 46.0 Å². The van der Waals surface area contributed by atoms with Crippen LogP contribution in [-0.4, -0.2) is 38.5 Å². The van der Waals surface area contributed by atoms with Crippen molar-refractivity contribution in [3.8, 4) is 0 Å². The van der Waals surface area contributed by atoms with E-state index in [2.05, 4.69) is 52.7 Å². The van der Waals surface area contributed by atoms with Gasteiger partial charge in [0.1, 0.15) is 6.33 Å². The molecule has 5 heteroatoms. The fraction of sp³-hybridized carbons (Fsp3) is 0.692. The van der Waals surface area contributed by atoms with Crippen molar-refractivity contribution in [3.05, 3.63) is 24.3 Å². The lowest BCUT2D eigenvalue weighted by molar-refractivity contribution is 0.506. The van der Waals surface area contributed by atoms with Crippen LogP contribution < -0.4 is 5.32 Å². The molecule has 3 nitrogen and oxygen atoms in total. The highest BCUT2D eigenvalue weighted by Gasteiger charge is 2.31. The van der Waals surface area contributed by atoms with E-state index in [1.54, 1.807) is 6.33 Å². The number of nitrogens with one attached hydrogen (secondary N) is 1. The summed E-state index contributed by atoms with van der Waals surface area (Å²) in [5.41, 5.74) is 1.22. The van der Waals surface area contributed by atoms with E-state index in [4.69, 9.17) is 0 Å². The van der Waals surface area contributed by atoms with Crippen molar-refractivity contribution in [1.82, 2.24) is 15.3 Å². The maximum Gasteiger partial charge on any atom is 0.115 e. The average Bonchev–Trinajstić information content (AvgIpc) is 2.42. The van der Waals surface area contributed by atoms with Gasteiger partial charge < -0.3 is 5.32 Å². The Hall–Kier alpha value is -0.260. The summed E-state index contributed by atoms with van der Waals surface area (Å²) < 4.78 is 0. The van der Waals surface area contributed by atoms with Gasteiger partial charge in [0.05, 0.1) is 0 Å². The van der Waals surface area contributed by atoms with Gasteiger partial charge in [-0.1, -0.05) is 13.8 Å². The summed E-state index contributed by atoms with van der Waals surface area (Å²) in [4.78, 5) is 8.33. The van der Waals surface area contributed by atoms with Gasteiger partial charge >= 0.3 is 0 Å². The molecule has 0 amide bonds. The number of thioether (sulfide) groups is 2. The summed E-state index contributed by atoms with van der Waals surface area (Å²) >= 11 is 4.17. The maximum atomic E-state index is 4.17. The van der Waals surface area contributed by atoms with E-state index in [1.165, 1.54) is 17.1 Å². The van der Waals surface area contributed by atoms with Crippen molar-refractivity contribution < 1.29 is 0 Å². The van der Waals surface area contributed by atoms with E-state index in [9.17, 15) is 0 Å². The Bertz CT molecular complexity index is 347. The number of nitrogens with zero attached hydrogens (tertiary/aromatic N) is 2. The molecule has 1 aromatic heterocycles. The van der Waals surface area contributed by atoms with Crippen LogP contribution in [0, 0.1) is 0 Å². The molecule has 0 radical (unpaired) electrons. The minimum Gasteiger partial charge on any atom is -0.309 e. The molecule has 1 aliphatic heterocycles. The molecule has 0 aromatic carbocycles. The zero-order valence-electron chi connectivity index (χ0n) is 11.0. The van der Waals surface area contributed by atoms with Gasteiger partial charge in [-0.15, -0.1) is 0 Å². The fourth-order valence-corrected chi connectivity index (χ4v) is 5.16. The molecule has 100 valence electrons. The first kappa shape index (κ1) is 14.2. The summed E-state index contributed by atoms with van der Waals surface area (Å²) in [5, 5.41) is 4.96. The van der Waals surface area contributed by atoms with E-state index in [0.717, 1.165) is 13.0 Å². The molecule has 1 aliphatic rings. The molecular formula is C13H21N3S2. The van der Waals surface area contributed by atoms with Crippen LogP contribution in [0.15, 0.2) is 18.7 Å². The first-order valence-electron chi connectivity index (χ1n) is 6.54. The van der Waals surface area contributed by atoms with E-state index in [1.807, 2.05) is 12.4 Å². The van der Waals surface area contributed by atoms with Crippen LogP contribution in [0.5, 0.6) is 0 Å². The molecule has 3 atom stereocenters. The van der Waals surface area contributed by atoms with Crippen LogP contribution in [0.25, 0.3) is 0 Å². The van der Waals surface area contributed by atoms with Gasteiger partial charge in [0.2, 0.25) is 0 Å². The molecule has 3 unspecified atom stereocenters. The van der Waals surface area contributed by atoms with Crippen molar-refractivity contribution in [1.29, 1.82) is 0 Å². The van der Waals surface area contributed by atoms with Crippen LogP contribution in [0.4, 0.5) is 0 Å². The second-order valence-corrected chi connectivity index (χ2v) is 7.29. The second-order valence-electron chi connectivity index (χ2n) is 4.51. The standard InChI is InChI=1S/C13H21N3S2/c1-3-4-16-12(11-7-14-9-15-8-11)13-10(2)17-5-6-18-13/h7-10,12-13,16H,3-6H2,1-2H3. The highest BCUT2D eigenvalue weighted by molar-refractivity contribution is 8.07. The third kappa shape index (κ3) is 3.62. The van der Waals surface area contributed by atoms with Crippen molar-refractivity contribution in [2.75, 3.05) is 18.1 Å². The third-order valence-corrected chi connectivity index (χ3v) is 6.31. The predicted octanol–water partition coefficient (Wildman–Crippen LogP) is 2.75. The highest BCUT2D eigenvalue weighted by atomic mass is 32.2. The van der Waals surface area contributed by atoms with Gasteiger partial charge in [0.15, 0.2) is 0 Å². The number of rotatable bonds is 5. The molecule has 0 bridgehead atoms. The van der Waals surface area contributed by atoms with Gasteiger partial charge in [-0.2, -0.15) is 23.5 Å². The fourth-order valence-electron chi connectivity index (χ4n) is 2.21. The third-order valence-electron chi connectivity index (χ3n) is 3.12. The summed E-state index contributed by atoms with van der Waals surface area (Å²) in [7, 11) is 0. The minimum absolute atomic E-state index is 0.374. The quantitative estimate of drug-likeness (QED) is 0.899. The SMILES string of the molecule is CCCNC(c1cncnc1)C1SCCSC1C. The van der Waals surface area contributed by atoms with Crippen LogP contribution in [-0.2, 0) is 0 Å². The second kappa shape index (κ2) is 7.36. The average molecular weight is 283 g/mol. The summed E-state index contributed by atoms with van der Waals surface area (Å²) in [5.74, 6) is 2.52. The monoisotopic (exact) mass is 283 g/mol. The molecule has 2 heterocycles. The summed E-state index contributed by atoms with van der Waals surface area (Å²) in [6.45, 7) is 5.59.